The van der Waals surface area contributed by atoms with Gasteiger partial charge < -0.3 is 9.52 Å². The van der Waals surface area contributed by atoms with Gasteiger partial charge in [0.25, 0.3) is 0 Å². The normalized spacial score (nSPS) is 11.1. The fourth-order valence-corrected chi connectivity index (χ4v) is 2.63. The number of halogens is 1. The van der Waals surface area contributed by atoms with Gasteiger partial charge in [0, 0.05) is 10.0 Å². The molecular weight excluding hydrogens is 322 g/mol. The number of carboxylic acids is 1. The van der Waals surface area contributed by atoms with Crippen molar-refractivity contribution >= 4 is 21.9 Å². The van der Waals surface area contributed by atoms with Crippen molar-refractivity contribution in [1.29, 1.82) is 0 Å². The minimum Gasteiger partial charge on any atom is -0.475 e. The minimum atomic E-state index is -1.08. The van der Waals surface area contributed by atoms with E-state index in [9.17, 15) is 9.90 Å². The van der Waals surface area contributed by atoms with Gasteiger partial charge in [0.1, 0.15) is 0 Å². The largest absolute Gasteiger partial charge is 0.475 e. The Morgan fingerprint density at radius 1 is 1.40 bits per heavy atom. The molecule has 1 heterocycles. The average Bonchev–Trinajstić information content (AvgIpc) is 2.70. The molecule has 0 saturated carbocycles. The van der Waals surface area contributed by atoms with Crippen LogP contribution in [-0.4, -0.2) is 16.1 Å². The number of carbonyl (C=O) groups is 1. The molecule has 106 valence electrons. The highest BCUT2D eigenvalue weighted by Gasteiger charge is 2.21. The van der Waals surface area contributed by atoms with Gasteiger partial charge in [0.05, 0.1) is 5.69 Å². The van der Waals surface area contributed by atoms with Crippen LogP contribution in [0.15, 0.2) is 27.1 Å². The summed E-state index contributed by atoms with van der Waals surface area (Å²) in [6.45, 7) is 6.00. The molecule has 0 aliphatic carbocycles. The lowest BCUT2D eigenvalue weighted by Gasteiger charge is -2.00. The predicted molar refractivity (Wildman–Crippen MR) is 79.9 cm³/mol. The van der Waals surface area contributed by atoms with Crippen molar-refractivity contribution in [3.63, 3.8) is 0 Å². The van der Waals surface area contributed by atoms with Gasteiger partial charge in [-0.1, -0.05) is 29.8 Å². The predicted octanol–water partition coefficient (Wildman–Crippen LogP) is 4.31. The third kappa shape index (κ3) is 3.28. The molecular formula is C15H16BrNO3. The lowest BCUT2D eigenvalue weighted by molar-refractivity contribution is 0.0661. The summed E-state index contributed by atoms with van der Waals surface area (Å²) in [5.41, 5.74) is 2.32. The Kier molecular flexibility index (Phi) is 4.28. The number of rotatable bonds is 4. The van der Waals surface area contributed by atoms with Crippen LogP contribution < -0.4 is 0 Å². The van der Waals surface area contributed by atoms with E-state index in [0.29, 0.717) is 23.9 Å². The van der Waals surface area contributed by atoms with Gasteiger partial charge in [0.2, 0.25) is 11.7 Å². The highest BCUT2D eigenvalue weighted by molar-refractivity contribution is 9.10. The first-order valence-electron chi connectivity index (χ1n) is 6.37. The highest BCUT2D eigenvalue weighted by Crippen LogP contribution is 2.27. The highest BCUT2D eigenvalue weighted by atomic mass is 79.9. The van der Waals surface area contributed by atoms with Gasteiger partial charge in [-0.2, -0.15) is 0 Å². The summed E-state index contributed by atoms with van der Waals surface area (Å²) in [5, 5.41) is 9.20. The van der Waals surface area contributed by atoms with Crippen LogP contribution in [0.3, 0.4) is 0 Å². The number of carboxylic acid groups (broad SMARTS) is 1. The number of aromatic nitrogens is 1. The zero-order valence-electron chi connectivity index (χ0n) is 11.6. The average molecular weight is 338 g/mol. The zero-order chi connectivity index (χ0) is 14.9. The zero-order valence-corrected chi connectivity index (χ0v) is 13.2. The number of nitrogens with zero attached hydrogens (tertiary/aromatic N) is 1. The van der Waals surface area contributed by atoms with E-state index in [4.69, 9.17) is 4.42 Å². The molecule has 0 aliphatic heterocycles. The Bertz CT molecular complexity index is 626. The van der Waals surface area contributed by atoms with Gasteiger partial charge >= 0.3 is 5.97 Å². The second kappa shape index (κ2) is 5.79. The number of oxazole rings is 1. The van der Waals surface area contributed by atoms with Crippen LogP contribution >= 0.6 is 15.9 Å². The molecule has 4 nitrogen and oxygen atoms in total. The molecule has 0 bridgehead atoms. The molecule has 0 amide bonds. The van der Waals surface area contributed by atoms with Crippen LogP contribution in [0.1, 0.15) is 35.7 Å². The van der Waals surface area contributed by atoms with Crippen molar-refractivity contribution in [2.75, 3.05) is 0 Å². The third-order valence-electron chi connectivity index (χ3n) is 2.78. The Morgan fingerprint density at radius 2 is 2.10 bits per heavy atom. The molecule has 1 N–H and O–H groups in total. The molecule has 0 fully saturated rings. The molecule has 0 spiro atoms. The summed E-state index contributed by atoms with van der Waals surface area (Å²) >= 11 is 3.42. The third-order valence-corrected chi connectivity index (χ3v) is 3.24. The summed E-state index contributed by atoms with van der Waals surface area (Å²) in [4.78, 5) is 15.6. The van der Waals surface area contributed by atoms with Crippen LogP contribution in [-0.2, 0) is 6.42 Å². The second-order valence-corrected chi connectivity index (χ2v) is 6.13. The molecule has 0 aliphatic rings. The quantitative estimate of drug-likeness (QED) is 0.902. The van der Waals surface area contributed by atoms with E-state index >= 15 is 0 Å². The maximum absolute atomic E-state index is 11.2. The monoisotopic (exact) mass is 337 g/mol. The Hall–Kier alpha value is -1.62. The van der Waals surface area contributed by atoms with E-state index in [1.807, 2.05) is 39.0 Å². The van der Waals surface area contributed by atoms with E-state index < -0.39 is 5.97 Å². The summed E-state index contributed by atoms with van der Waals surface area (Å²) in [5.74, 6) is -0.477. The molecule has 2 rings (SSSR count). The van der Waals surface area contributed by atoms with Crippen LogP contribution in [0.2, 0.25) is 0 Å². The Labute approximate surface area is 126 Å². The number of hydrogen-bond donors (Lipinski definition) is 1. The lowest BCUT2D eigenvalue weighted by Crippen LogP contribution is -2.03. The van der Waals surface area contributed by atoms with Gasteiger partial charge in [-0.3, -0.25) is 0 Å². The fourth-order valence-electron chi connectivity index (χ4n) is 2.03. The van der Waals surface area contributed by atoms with E-state index in [-0.39, 0.29) is 5.76 Å². The summed E-state index contributed by atoms with van der Waals surface area (Å²) < 4.78 is 6.35. The lowest BCUT2D eigenvalue weighted by atomic mass is 10.1. The van der Waals surface area contributed by atoms with Gasteiger partial charge in [-0.05, 0) is 43.0 Å². The topological polar surface area (TPSA) is 63.3 Å². The maximum atomic E-state index is 11.2. The molecule has 0 atom stereocenters. The molecule has 1 aromatic carbocycles. The summed E-state index contributed by atoms with van der Waals surface area (Å²) in [7, 11) is 0. The second-order valence-electron chi connectivity index (χ2n) is 5.22. The minimum absolute atomic E-state index is 0.0636. The first kappa shape index (κ1) is 14.8. The Morgan fingerprint density at radius 3 is 2.65 bits per heavy atom. The number of aromatic carboxylic acids is 1. The van der Waals surface area contributed by atoms with Crippen molar-refractivity contribution in [3.8, 4) is 11.5 Å². The molecule has 0 radical (unpaired) electrons. The molecule has 0 saturated heterocycles. The molecule has 2 aromatic rings. The van der Waals surface area contributed by atoms with Gasteiger partial charge in [-0.25, -0.2) is 9.78 Å². The van der Waals surface area contributed by atoms with E-state index in [2.05, 4.69) is 20.9 Å². The van der Waals surface area contributed by atoms with Crippen LogP contribution in [0.5, 0.6) is 0 Å². The standard InChI is InChI=1S/C15H16BrNO3/c1-8(2)4-12-13(15(18)19)20-14(17-12)10-5-9(3)6-11(16)7-10/h5-8H,4H2,1-3H3,(H,18,19). The van der Waals surface area contributed by atoms with Crippen molar-refractivity contribution < 1.29 is 14.3 Å². The molecule has 20 heavy (non-hydrogen) atoms. The van der Waals surface area contributed by atoms with Crippen LogP contribution in [0, 0.1) is 12.8 Å². The van der Waals surface area contributed by atoms with Gasteiger partial charge in [0.15, 0.2) is 0 Å². The molecule has 1 aromatic heterocycles. The van der Waals surface area contributed by atoms with Gasteiger partial charge in [-0.15, -0.1) is 0 Å². The van der Waals surface area contributed by atoms with Crippen molar-refractivity contribution in [1.82, 2.24) is 4.98 Å². The SMILES string of the molecule is Cc1cc(Br)cc(-c2nc(CC(C)C)c(C(=O)O)o2)c1. The van der Waals surface area contributed by atoms with Crippen molar-refractivity contribution in [2.45, 2.75) is 27.2 Å². The van der Waals surface area contributed by atoms with E-state index in [1.165, 1.54) is 0 Å². The summed E-state index contributed by atoms with van der Waals surface area (Å²) in [6.07, 6.45) is 0.581. The number of benzene rings is 1. The Balaban J connectivity index is 2.49. The fraction of sp³-hybridized carbons (Fsp3) is 0.333. The molecule has 5 heteroatoms. The van der Waals surface area contributed by atoms with Crippen molar-refractivity contribution in [2.24, 2.45) is 5.92 Å². The smallest absolute Gasteiger partial charge is 0.373 e. The van der Waals surface area contributed by atoms with Crippen LogP contribution in [0.25, 0.3) is 11.5 Å². The van der Waals surface area contributed by atoms with E-state index in [0.717, 1.165) is 15.6 Å². The first-order valence-corrected chi connectivity index (χ1v) is 7.16. The van der Waals surface area contributed by atoms with Crippen molar-refractivity contribution in [3.05, 3.63) is 39.7 Å². The summed E-state index contributed by atoms with van der Waals surface area (Å²) in [6, 6.07) is 5.75. The first-order chi connectivity index (χ1) is 9.36. The molecule has 0 unspecified atom stereocenters. The number of aryl methyl sites for hydroxylation is 1. The maximum Gasteiger partial charge on any atom is 0.373 e. The van der Waals surface area contributed by atoms with Crippen LogP contribution in [0.4, 0.5) is 0 Å². The number of hydrogen-bond acceptors (Lipinski definition) is 3. The van der Waals surface area contributed by atoms with E-state index in [1.54, 1.807) is 0 Å².